The molecule has 4 heteroatoms. The van der Waals surface area contributed by atoms with Crippen LogP contribution in [0.15, 0.2) is 6.20 Å². The number of rotatable bonds is 1. The third-order valence-electron chi connectivity index (χ3n) is 4.45. The van der Waals surface area contributed by atoms with Crippen LogP contribution in [0.25, 0.3) is 0 Å². The molecule has 1 saturated carbocycles. The smallest absolute Gasteiger partial charge is 0.257 e. The average Bonchev–Trinajstić information content (AvgIpc) is 3.02. The van der Waals surface area contributed by atoms with Crippen LogP contribution in [0.4, 0.5) is 0 Å². The number of hydrogen-bond donors (Lipinski definition) is 1. The second-order valence-corrected chi connectivity index (χ2v) is 5.59. The Labute approximate surface area is 101 Å². The molecule has 0 radical (unpaired) electrons. The molecule has 0 unspecified atom stereocenters. The predicted molar refractivity (Wildman–Crippen MR) is 64.7 cm³/mol. The number of likely N-dealkylation sites (tertiary alicyclic amines) is 1. The number of nitrogens with one attached hydrogen (secondary N) is 1. The highest BCUT2D eigenvalue weighted by Gasteiger charge is 2.42. The molecule has 1 aromatic heterocycles. The van der Waals surface area contributed by atoms with Gasteiger partial charge in [-0.2, -0.15) is 5.10 Å². The van der Waals surface area contributed by atoms with Crippen molar-refractivity contribution in [2.24, 2.45) is 5.41 Å². The fourth-order valence-corrected chi connectivity index (χ4v) is 3.38. The van der Waals surface area contributed by atoms with Gasteiger partial charge in [-0.3, -0.25) is 9.89 Å². The lowest BCUT2D eigenvalue weighted by atomic mass is 9.86. The van der Waals surface area contributed by atoms with Gasteiger partial charge in [0.15, 0.2) is 0 Å². The first-order valence-electron chi connectivity index (χ1n) is 6.49. The first-order valence-corrected chi connectivity index (χ1v) is 6.49. The van der Waals surface area contributed by atoms with Gasteiger partial charge in [0.1, 0.15) is 0 Å². The molecule has 1 spiro atoms. The molecule has 2 fully saturated rings. The maximum absolute atomic E-state index is 12.3. The van der Waals surface area contributed by atoms with E-state index in [1.165, 1.54) is 32.1 Å². The molecule has 1 aromatic rings. The zero-order chi connectivity index (χ0) is 11.9. The predicted octanol–water partition coefficient (Wildman–Crippen LogP) is 2.12. The van der Waals surface area contributed by atoms with Crippen molar-refractivity contribution in [3.63, 3.8) is 0 Å². The van der Waals surface area contributed by atoms with Crippen molar-refractivity contribution in [3.8, 4) is 0 Å². The van der Waals surface area contributed by atoms with Crippen LogP contribution in [0, 0.1) is 12.3 Å². The van der Waals surface area contributed by atoms with Gasteiger partial charge in [-0.1, -0.05) is 12.8 Å². The molecule has 2 heterocycles. The molecule has 1 aliphatic carbocycles. The Morgan fingerprint density at radius 2 is 2.18 bits per heavy atom. The first-order chi connectivity index (χ1) is 8.20. The van der Waals surface area contributed by atoms with Crippen LogP contribution in [0.3, 0.4) is 0 Å². The topological polar surface area (TPSA) is 49.0 Å². The number of aromatic amines is 1. The Morgan fingerprint density at radius 3 is 2.82 bits per heavy atom. The molecular formula is C13H19N3O. The van der Waals surface area contributed by atoms with Crippen LogP contribution in [0.5, 0.6) is 0 Å². The van der Waals surface area contributed by atoms with Crippen LogP contribution in [0.1, 0.15) is 48.2 Å². The molecule has 0 bridgehead atoms. The summed E-state index contributed by atoms with van der Waals surface area (Å²) in [6.45, 7) is 3.78. The van der Waals surface area contributed by atoms with Gasteiger partial charge in [-0.15, -0.1) is 0 Å². The van der Waals surface area contributed by atoms with E-state index in [0.717, 1.165) is 24.3 Å². The van der Waals surface area contributed by atoms with Gasteiger partial charge in [0, 0.05) is 18.8 Å². The molecule has 0 aromatic carbocycles. The molecule has 2 aliphatic rings. The highest BCUT2D eigenvalue weighted by molar-refractivity contribution is 5.95. The van der Waals surface area contributed by atoms with E-state index in [4.69, 9.17) is 0 Å². The summed E-state index contributed by atoms with van der Waals surface area (Å²) < 4.78 is 0. The van der Waals surface area contributed by atoms with E-state index in [1.807, 2.05) is 11.8 Å². The van der Waals surface area contributed by atoms with Gasteiger partial charge < -0.3 is 4.90 Å². The monoisotopic (exact) mass is 233 g/mol. The van der Waals surface area contributed by atoms with E-state index >= 15 is 0 Å². The summed E-state index contributed by atoms with van der Waals surface area (Å²) >= 11 is 0. The average molecular weight is 233 g/mol. The Hall–Kier alpha value is -1.32. The first kappa shape index (κ1) is 10.8. The van der Waals surface area contributed by atoms with E-state index in [-0.39, 0.29) is 5.91 Å². The summed E-state index contributed by atoms with van der Waals surface area (Å²) in [4.78, 5) is 14.4. The van der Waals surface area contributed by atoms with Crippen molar-refractivity contribution in [2.75, 3.05) is 13.1 Å². The standard InChI is InChI=1S/C13H19N3O/c1-10-11(8-14-15-10)12(17)16-7-6-13(9-16)4-2-3-5-13/h8H,2-7,9H2,1H3,(H,14,15). The summed E-state index contributed by atoms with van der Waals surface area (Å²) in [6.07, 6.45) is 8.13. The van der Waals surface area contributed by atoms with E-state index in [2.05, 4.69) is 10.2 Å². The second kappa shape index (κ2) is 3.86. The molecule has 1 saturated heterocycles. The minimum absolute atomic E-state index is 0.153. The number of amides is 1. The lowest BCUT2D eigenvalue weighted by Gasteiger charge is -2.23. The van der Waals surface area contributed by atoms with Gasteiger partial charge in [-0.25, -0.2) is 0 Å². The fourth-order valence-electron chi connectivity index (χ4n) is 3.38. The van der Waals surface area contributed by atoms with Crippen molar-refractivity contribution < 1.29 is 4.79 Å². The van der Waals surface area contributed by atoms with E-state index in [9.17, 15) is 4.79 Å². The van der Waals surface area contributed by atoms with Crippen molar-refractivity contribution in [1.29, 1.82) is 0 Å². The molecule has 4 nitrogen and oxygen atoms in total. The summed E-state index contributed by atoms with van der Waals surface area (Å²) in [5.74, 6) is 0.153. The highest BCUT2D eigenvalue weighted by atomic mass is 16.2. The Kier molecular flexibility index (Phi) is 2.45. The Balaban J connectivity index is 1.75. The Morgan fingerprint density at radius 1 is 1.41 bits per heavy atom. The van der Waals surface area contributed by atoms with Crippen LogP contribution >= 0.6 is 0 Å². The zero-order valence-corrected chi connectivity index (χ0v) is 10.3. The number of nitrogens with zero attached hydrogens (tertiary/aromatic N) is 2. The minimum Gasteiger partial charge on any atom is -0.338 e. The van der Waals surface area contributed by atoms with Crippen LogP contribution in [-0.2, 0) is 0 Å². The lowest BCUT2D eigenvalue weighted by Crippen LogP contribution is -2.31. The number of hydrogen-bond acceptors (Lipinski definition) is 2. The normalized spacial score (nSPS) is 22.5. The van der Waals surface area contributed by atoms with Crippen molar-refractivity contribution >= 4 is 5.91 Å². The van der Waals surface area contributed by atoms with Crippen molar-refractivity contribution in [1.82, 2.24) is 15.1 Å². The third-order valence-corrected chi connectivity index (χ3v) is 4.45. The van der Waals surface area contributed by atoms with Crippen LogP contribution in [-0.4, -0.2) is 34.1 Å². The van der Waals surface area contributed by atoms with Gasteiger partial charge in [0.05, 0.1) is 11.8 Å². The minimum atomic E-state index is 0.153. The van der Waals surface area contributed by atoms with Crippen molar-refractivity contribution in [3.05, 3.63) is 17.5 Å². The molecular weight excluding hydrogens is 214 g/mol. The van der Waals surface area contributed by atoms with Gasteiger partial charge in [0.2, 0.25) is 0 Å². The van der Waals surface area contributed by atoms with Crippen molar-refractivity contribution in [2.45, 2.75) is 39.0 Å². The second-order valence-electron chi connectivity index (χ2n) is 5.59. The maximum Gasteiger partial charge on any atom is 0.257 e. The summed E-state index contributed by atoms with van der Waals surface area (Å²) in [7, 11) is 0. The highest BCUT2D eigenvalue weighted by Crippen LogP contribution is 2.45. The number of carbonyl (C=O) groups excluding carboxylic acids is 1. The quantitative estimate of drug-likeness (QED) is 0.807. The lowest BCUT2D eigenvalue weighted by molar-refractivity contribution is 0.0772. The number of aryl methyl sites for hydroxylation is 1. The van der Waals surface area contributed by atoms with E-state index in [1.54, 1.807) is 6.20 Å². The van der Waals surface area contributed by atoms with Crippen LogP contribution in [0.2, 0.25) is 0 Å². The van der Waals surface area contributed by atoms with Gasteiger partial charge in [0.25, 0.3) is 5.91 Å². The molecule has 92 valence electrons. The maximum atomic E-state index is 12.3. The zero-order valence-electron chi connectivity index (χ0n) is 10.3. The molecule has 0 atom stereocenters. The SMILES string of the molecule is Cc1[nH]ncc1C(=O)N1CCC2(CCCC2)C1. The number of H-pyrrole nitrogens is 1. The molecule has 3 rings (SSSR count). The summed E-state index contributed by atoms with van der Waals surface area (Å²) in [5.41, 5.74) is 2.07. The van der Waals surface area contributed by atoms with Gasteiger partial charge in [-0.05, 0) is 31.6 Å². The fraction of sp³-hybridized carbons (Fsp3) is 0.692. The van der Waals surface area contributed by atoms with Crippen LogP contribution < -0.4 is 0 Å². The Bertz CT molecular complexity index is 432. The molecule has 1 aliphatic heterocycles. The number of aromatic nitrogens is 2. The van der Waals surface area contributed by atoms with Gasteiger partial charge >= 0.3 is 0 Å². The molecule has 1 amide bonds. The third kappa shape index (κ3) is 1.75. The summed E-state index contributed by atoms with van der Waals surface area (Å²) in [6, 6.07) is 0. The molecule has 17 heavy (non-hydrogen) atoms. The largest absolute Gasteiger partial charge is 0.338 e. The molecule has 1 N–H and O–H groups in total. The van der Waals surface area contributed by atoms with E-state index in [0.29, 0.717) is 5.41 Å². The number of carbonyl (C=O) groups is 1. The summed E-state index contributed by atoms with van der Waals surface area (Å²) in [5, 5.41) is 6.77. The van der Waals surface area contributed by atoms with E-state index < -0.39 is 0 Å².